The minimum Gasteiger partial charge on any atom is -0.481 e. The van der Waals surface area contributed by atoms with Crippen molar-refractivity contribution in [2.24, 2.45) is 5.41 Å². The summed E-state index contributed by atoms with van der Waals surface area (Å²) in [6.07, 6.45) is 2.13. The van der Waals surface area contributed by atoms with E-state index < -0.39 is 11.4 Å². The van der Waals surface area contributed by atoms with Crippen LogP contribution in [-0.4, -0.2) is 54.9 Å². The number of ether oxygens (including phenoxy) is 1. The van der Waals surface area contributed by atoms with Gasteiger partial charge in [0.15, 0.2) is 0 Å². The van der Waals surface area contributed by atoms with Crippen LogP contribution in [0.15, 0.2) is 0 Å². The zero-order valence-corrected chi connectivity index (χ0v) is 11.9. The summed E-state index contributed by atoms with van der Waals surface area (Å²) < 4.78 is 5.00. The van der Waals surface area contributed by atoms with Crippen LogP contribution in [0.1, 0.15) is 33.1 Å². The van der Waals surface area contributed by atoms with Gasteiger partial charge in [-0.1, -0.05) is 6.92 Å². The molecule has 2 N–H and O–H groups in total. The van der Waals surface area contributed by atoms with Gasteiger partial charge in [-0.2, -0.15) is 0 Å². The van der Waals surface area contributed by atoms with Crippen molar-refractivity contribution in [1.82, 2.24) is 10.2 Å². The molecule has 19 heavy (non-hydrogen) atoms. The van der Waals surface area contributed by atoms with Gasteiger partial charge in [-0.3, -0.25) is 4.79 Å². The third-order valence-corrected chi connectivity index (χ3v) is 3.81. The first-order valence-corrected chi connectivity index (χ1v) is 6.73. The Labute approximate surface area is 114 Å². The molecule has 0 bridgehead atoms. The second-order valence-corrected chi connectivity index (χ2v) is 5.19. The Kier molecular flexibility index (Phi) is 5.60. The second kappa shape index (κ2) is 6.75. The predicted molar refractivity (Wildman–Crippen MR) is 71.0 cm³/mol. The van der Waals surface area contributed by atoms with Crippen LogP contribution in [0.4, 0.5) is 4.79 Å². The topological polar surface area (TPSA) is 78.9 Å². The molecule has 1 rings (SSSR count). The highest BCUT2D eigenvalue weighted by Crippen LogP contribution is 2.45. The van der Waals surface area contributed by atoms with Gasteiger partial charge in [-0.25, -0.2) is 4.79 Å². The first-order chi connectivity index (χ1) is 8.96. The maximum absolute atomic E-state index is 12.1. The van der Waals surface area contributed by atoms with Crippen LogP contribution in [0.25, 0.3) is 0 Å². The fourth-order valence-corrected chi connectivity index (χ4v) is 1.90. The lowest BCUT2D eigenvalue weighted by molar-refractivity contribution is -0.143. The van der Waals surface area contributed by atoms with Crippen molar-refractivity contribution in [3.8, 4) is 0 Å². The molecule has 0 saturated heterocycles. The molecule has 0 aromatic heterocycles. The molecule has 1 saturated carbocycles. The lowest BCUT2D eigenvalue weighted by Gasteiger charge is -2.29. The number of hydrogen-bond donors (Lipinski definition) is 2. The van der Waals surface area contributed by atoms with E-state index >= 15 is 0 Å². The van der Waals surface area contributed by atoms with Crippen LogP contribution >= 0.6 is 0 Å². The van der Waals surface area contributed by atoms with Crippen LogP contribution in [0, 0.1) is 5.41 Å². The molecule has 1 atom stereocenters. The maximum Gasteiger partial charge on any atom is 0.317 e. The number of hydrogen-bond acceptors (Lipinski definition) is 3. The van der Waals surface area contributed by atoms with E-state index in [2.05, 4.69) is 5.32 Å². The Morgan fingerprint density at radius 1 is 1.47 bits per heavy atom. The van der Waals surface area contributed by atoms with Crippen molar-refractivity contribution in [3.05, 3.63) is 0 Å². The zero-order valence-electron chi connectivity index (χ0n) is 11.9. The molecule has 0 aromatic rings. The molecule has 0 heterocycles. The Bertz CT molecular complexity index is 329. The van der Waals surface area contributed by atoms with Gasteiger partial charge in [-0.15, -0.1) is 0 Å². The van der Waals surface area contributed by atoms with Crippen molar-refractivity contribution in [3.63, 3.8) is 0 Å². The standard InChI is InChI=1S/C13H24N2O4/c1-4-10(2)15(7-8-19-3)12(18)14-9-13(5-6-13)11(16)17/h10H,4-9H2,1-3H3,(H,14,18)(H,16,17). The maximum atomic E-state index is 12.1. The fraction of sp³-hybridized carbons (Fsp3) is 0.846. The van der Waals surface area contributed by atoms with Crippen LogP contribution in [0.5, 0.6) is 0 Å². The first kappa shape index (κ1) is 15.8. The molecular weight excluding hydrogens is 248 g/mol. The van der Waals surface area contributed by atoms with Crippen molar-refractivity contribution >= 4 is 12.0 Å². The van der Waals surface area contributed by atoms with Gasteiger partial charge in [-0.05, 0) is 26.2 Å². The number of carboxylic acids is 1. The normalized spacial score (nSPS) is 17.6. The number of urea groups is 1. The molecule has 1 aliphatic carbocycles. The summed E-state index contributed by atoms with van der Waals surface area (Å²) in [5, 5.41) is 11.8. The van der Waals surface area contributed by atoms with Gasteiger partial charge in [0.05, 0.1) is 12.0 Å². The molecule has 1 fully saturated rings. The van der Waals surface area contributed by atoms with Gasteiger partial charge >= 0.3 is 12.0 Å². The smallest absolute Gasteiger partial charge is 0.317 e. The van der Waals surface area contributed by atoms with E-state index in [-0.39, 0.29) is 18.6 Å². The zero-order chi connectivity index (χ0) is 14.5. The summed E-state index contributed by atoms with van der Waals surface area (Å²) in [5.41, 5.74) is -0.724. The monoisotopic (exact) mass is 272 g/mol. The lowest BCUT2D eigenvalue weighted by atomic mass is 10.1. The van der Waals surface area contributed by atoms with E-state index in [0.29, 0.717) is 26.0 Å². The number of rotatable bonds is 8. The number of carbonyl (C=O) groups excluding carboxylic acids is 1. The molecule has 0 radical (unpaired) electrons. The number of methoxy groups -OCH3 is 1. The minimum absolute atomic E-state index is 0.107. The van der Waals surface area contributed by atoms with Gasteiger partial charge in [0.25, 0.3) is 0 Å². The number of carbonyl (C=O) groups is 2. The molecule has 0 aliphatic heterocycles. The van der Waals surface area contributed by atoms with E-state index in [4.69, 9.17) is 9.84 Å². The molecule has 0 spiro atoms. The number of aliphatic carboxylic acids is 1. The summed E-state index contributed by atoms with van der Waals surface area (Å²) in [6, 6.07) is -0.103. The molecule has 1 unspecified atom stereocenters. The van der Waals surface area contributed by atoms with Crippen LogP contribution in [0.2, 0.25) is 0 Å². The quantitative estimate of drug-likeness (QED) is 0.698. The molecular formula is C13H24N2O4. The second-order valence-electron chi connectivity index (χ2n) is 5.19. The number of carboxylic acid groups (broad SMARTS) is 1. The highest BCUT2D eigenvalue weighted by molar-refractivity contribution is 5.80. The van der Waals surface area contributed by atoms with Crippen LogP contribution < -0.4 is 5.32 Å². The summed E-state index contributed by atoms with van der Waals surface area (Å²) >= 11 is 0. The summed E-state index contributed by atoms with van der Waals surface area (Å²) in [5.74, 6) is -0.820. The van der Waals surface area contributed by atoms with E-state index in [1.807, 2.05) is 13.8 Å². The van der Waals surface area contributed by atoms with Gasteiger partial charge < -0.3 is 20.1 Å². The minimum atomic E-state index is -0.820. The highest BCUT2D eigenvalue weighted by atomic mass is 16.5. The Morgan fingerprint density at radius 3 is 2.53 bits per heavy atom. The van der Waals surface area contributed by atoms with Crippen molar-refractivity contribution in [1.29, 1.82) is 0 Å². The van der Waals surface area contributed by atoms with E-state index in [0.717, 1.165) is 6.42 Å². The predicted octanol–water partition coefficient (Wildman–Crippen LogP) is 1.31. The molecule has 110 valence electrons. The summed E-state index contributed by atoms with van der Waals surface area (Å²) in [4.78, 5) is 24.9. The number of nitrogens with zero attached hydrogens (tertiary/aromatic N) is 1. The Morgan fingerprint density at radius 2 is 2.11 bits per heavy atom. The van der Waals surface area contributed by atoms with Crippen molar-refractivity contribution in [2.75, 3.05) is 26.8 Å². The van der Waals surface area contributed by atoms with Crippen molar-refractivity contribution < 1.29 is 19.4 Å². The third kappa shape index (κ3) is 4.09. The van der Waals surface area contributed by atoms with E-state index in [9.17, 15) is 9.59 Å². The molecule has 1 aliphatic rings. The van der Waals surface area contributed by atoms with Gasteiger partial charge in [0.1, 0.15) is 0 Å². The van der Waals surface area contributed by atoms with Crippen LogP contribution in [-0.2, 0) is 9.53 Å². The van der Waals surface area contributed by atoms with E-state index in [1.54, 1.807) is 12.0 Å². The van der Waals surface area contributed by atoms with Gasteiger partial charge in [0, 0.05) is 26.2 Å². The highest BCUT2D eigenvalue weighted by Gasteiger charge is 2.50. The SMILES string of the molecule is CCC(C)N(CCOC)C(=O)NCC1(C(=O)O)CC1. The summed E-state index contributed by atoms with van der Waals surface area (Å²) in [7, 11) is 1.59. The summed E-state index contributed by atoms with van der Waals surface area (Å²) in [6.45, 7) is 5.18. The average molecular weight is 272 g/mol. The van der Waals surface area contributed by atoms with E-state index in [1.165, 1.54) is 0 Å². The molecule has 6 nitrogen and oxygen atoms in total. The largest absolute Gasteiger partial charge is 0.481 e. The fourth-order valence-electron chi connectivity index (χ4n) is 1.90. The lowest BCUT2D eigenvalue weighted by Crippen LogP contribution is -2.48. The average Bonchev–Trinajstić information content (AvgIpc) is 3.17. The Hall–Kier alpha value is -1.30. The third-order valence-electron chi connectivity index (χ3n) is 3.81. The van der Waals surface area contributed by atoms with Crippen LogP contribution in [0.3, 0.4) is 0 Å². The first-order valence-electron chi connectivity index (χ1n) is 6.73. The molecule has 0 aromatic carbocycles. The number of amides is 2. The van der Waals surface area contributed by atoms with Crippen molar-refractivity contribution in [2.45, 2.75) is 39.2 Å². The van der Waals surface area contributed by atoms with Gasteiger partial charge in [0.2, 0.25) is 0 Å². The number of nitrogens with one attached hydrogen (secondary N) is 1. The molecule has 6 heteroatoms. The molecule has 2 amide bonds. The Balaban J connectivity index is 2.49.